The number of halogens is 2. The first-order valence-corrected chi connectivity index (χ1v) is 10.6. The van der Waals surface area contributed by atoms with Gasteiger partial charge < -0.3 is 0 Å². The summed E-state index contributed by atoms with van der Waals surface area (Å²) < 4.78 is 5.90. The molecule has 0 amide bonds. The van der Waals surface area contributed by atoms with E-state index in [-0.39, 0.29) is 23.2 Å². The first kappa shape index (κ1) is 10.2. The molecule has 0 bridgehead atoms. The SMILES string of the molecule is COC(=O)c1ccc([I-]I)cc1. The van der Waals surface area contributed by atoms with Gasteiger partial charge in [-0.1, -0.05) is 0 Å². The van der Waals surface area contributed by atoms with Gasteiger partial charge in [0.25, 0.3) is 0 Å². The number of hydrogen-bond donors (Lipinski definition) is 0. The third kappa shape index (κ3) is 2.58. The fourth-order valence-electron chi connectivity index (χ4n) is 0.751. The van der Waals surface area contributed by atoms with Crippen LogP contribution < -0.4 is 17.2 Å². The standard InChI is InChI=1S/C8H7I2O2/c1-12-8(11)6-2-4-7(10-9)5-3-6/h2-5H,1H3/q-1. The molecular formula is C8H7I2O2-. The average Bonchev–Trinajstić information content (AvgIpc) is 2.17. The Kier molecular flexibility index (Phi) is 4.27. The van der Waals surface area contributed by atoms with Crippen LogP contribution in [0.3, 0.4) is 0 Å². The predicted molar refractivity (Wildman–Crippen MR) is 50.5 cm³/mol. The quantitative estimate of drug-likeness (QED) is 0.484. The van der Waals surface area contributed by atoms with Crippen LogP contribution in [0, 0.1) is 3.57 Å². The average molecular weight is 389 g/mol. The van der Waals surface area contributed by atoms with Gasteiger partial charge in [0, 0.05) is 0 Å². The van der Waals surface area contributed by atoms with Gasteiger partial charge in [-0.3, -0.25) is 0 Å². The van der Waals surface area contributed by atoms with E-state index in [1.807, 2.05) is 12.1 Å². The van der Waals surface area contributed by atoms with E-state index in [1.165, 1.54) is 10.7 Å². The molecule has 0 radical (unpaired) electrons. The van der Waals surface area contributed by atoms with Gasteiger partial charge in [-0.15, -0.1) is 0 Å². The van der Waals surface area contributed by atoms with Crippen LogP contribution in [0.1, 0.15) is 10.4 Å². The van der Waals surface area contributed by atoms with Crippen LogP contribution in [0.5, 0.6) is 0 Å². The van der Waals surface area contributed by atoms with Crippen LogP contribution in [-0.2, 0) is 4.74 Å². The van der Waals surface area contributed by atoms with Gasteiger partial charge in [-0.25, -0.2) is 0 Å². The van der Waals surface area contributed by atoms with Gasteiger partial charge in [0.05, 0.1) is 0 Å². The second-order valence-electron chi connectivity index (χ2n) is 2.07. The molecule has 0 aliphatic rings. The molecule has 0 N–H and O–H groups in total. The predicted octanol–water partition coefficient (Wildman–Crippen LogP) is -0.918. The fraction of sp³-hybridized carbons (Fsp3) is 0.125. The number of carbonyl (C=O) groups excluding carboxylic acids is 1. The first-order valence-electron chi connectivity index (χ1n) is 3.22. The Morgan fingerprint density at radius 2 is 2.00 bits per heavy atom. The molecule has 0 aromatic heterocycles. The zero-order valence-corrected chi connectivity index (χ0v) is 10.7. The van der Waals surface area contributed by atoms with Crippen LogP contribution in [0.25, 0.3) is 0 Å². The Labute approximate surface area is 91.1 Å². The molecule has 0 aliphatic carbocycles. The number of carbonyl (C=O) groups is 1. The van der Waals surface area contributed by atoms with Crippen molar-refractivity contribution >= 4 is 24.6 Å². The third-order valence-electron chi connectivity index (χ3n) is 1.35. The maximum atomic E-state index is 11.0. The van der Waals surface area contributed by atoms with Gasteiger partial charge in [-0.2, -0.15) is 0 Å². The molecule has 4 heteroatoms. The minimum absolute atomic E-state index is 0.0901. The Balaban J connectivity index is 2.84. The number of hydrogen-bond acceptors (Lipinski definition) is 2. The maximum absolute atomic E-state index is 11.0. The monoisotopic (exact) mass is 389 g/mol. The summed E-state index contributed by atoms with van der Waals surface area (Å²) in [5.74, 6) is -0.270. The second-order valence-corrected chi connectivity index (χ2v) is 6.46. The Morgan fingerprint density at radius 3 is 2.42 bits per heavy atom. The summed E-state index contributed by atoms with van der Waals surface area (Å²) in [6.45, 7) is 0. The van der Waals surface area contributed by atoms with Crippen molar-refractivity contribution in [1.29, 1.82) is 0 Å². The molecule has 0 heterocycles. The van der Waals surface area contributed by atoms with E-state index in [4.69, 9.17) is 0 Å². The van der Waals surface area contributed by atoms with Crippen molar-refractivity contribution < 1.29 is 26.8 Å². The zero-order valence-electron chi connectivity index (χ0n) is 6.38. The number of ether oxygens (including phenoxy) is 1. The van der Waals surface area contributed by atoms with E-state index < -0.39 is 0 Å². The molecule has 0 aliphatic heterocycles. The molecule has 1 aromatic carbocycles. The van der Waals surface area contributed by atoms with E-state index in [9.17, 15) is 4.79 Å². The molecule has 0 saturated carbocycles. The van der Waals surface area contributed by atoms with Crippen molar-refractivity contribution in [2.24, 2.45) is 0 Å². The van der Waals surface area contributed by atoms with E-state index in [0.29, 0.717) is 5.56 Å². The number of benzene rings is 1. The molecule has 0 atom stereocenters. The van der Waals surface area contributed by atoms with E-state index >= 15 is 0 Å². The minimum atomic E-state index is -0.270. The summed E-state index contributed by atoms with van der Waals surface area (Å²) in [7, 11) is 1.39. The van der Waals surface area contributed by atoms with Crippen LogP contribution in [0.15, 0.2) is 24.3 Å². The van der Waals surface area contributed by atoms with Gasteiger partial charge in [-0.05, 0) is 0 Å². The van der Waals surface area contributed by atoms with E-state index in [2.05, 4.69) is 23.4 Å². The number of rotatable bonds is 2. The van der Waals surface area contributed by atoms with Gasteiger partial charge in [0.15, 0.2) is 0 Å². The van der Waals surface area contributed by atoms with Crippen LogP contribution in [0.2, 0.25) is 0 Å². The van der Waals surface area contributed by atoms with Crippen molar-refractivity contribution in [2.45, 2.75) is 0 Å². The summed E-state index contributed by atoms with van der Waals surface area (Å²) in [6.07, 6.45) is 0. The van der Waals surface area contributed by atoms with Gasteiger partial charge >= 0.3 is 91.9 Å². The van der Waals surface area contributed by atoms with Gasteiger partial charge in [0.2, 0.25) is 0 Å². The van der Waals surface area contributed by atoms with E-state index in [0.717, 1.165) is 0 Å². The zero-order chi connectivity index (χ0) is 8.97. The van der Waals surface area contributed by atoms with Crippen molar-refractivity contribution in [3.8, 4) is 0 Å². The first-order chi connectivity index (χ1) is 5.77. The van der Waals surface area contributed by atoms with Crippen molar-refractivity contribution in [2.75, 3.05) is 7.11 Å². The molecule has 12 heavy (non-hydrogen) atoms. The molecule has 0 unspecified atom stereocenters. The van der Waals surface area contributed by atoms with E-state index in [1.54, 1.807) is 12.1 Å². The molecule has 2 nitrogen and oxygen atoms in total. The Hall–Kier alpha value is 0.150. The molecule has 0 fully saturated rings. The number of methoxy groups -OCH3 is 1. The number of esters is 1. The van der Waals surface area contributed by atoms with Gasteiger partial charge in [0.1, 0.15) is 0 Å². The topological polar surface area (TPSA) is 26.3 Å². The van der Waals surface area contributed by atoms with Crippen LogP contribution in [-0.4, -0.2) is 13.1 Å². The summed E-state index contributed by atoms with van der Waals surface area (Å²) >= 11 is 2.48. The molecular weight excluding hydrogens is 382 g/mol. The molecule has 1 aromatic rings. The Bertz CT molecular complexity index is 269. The molecule has 1 rings (SSSR count). The molecule has 66 valence electrons. The summed E-state index contributed by atoms with van der Waals surface area (Å²) in [4.78, 5) is 11.0. The molecule has 0 saturated heterocycles. The second kappa shape index (κ2) is 5.00. The van der Waals surface area contributed by atoms with Crippen molar-refractivity contribution in [3.63, 3.8) is 0 Å². The van der Waals surface area contributed by atoms with Crippen molar-refractivity contribution in [3.05, 3.63) is 33.4 Å². The summed E-state index contributed by atoms with van der Waals surface area (Å²) in [5, 5.41) is 0. The van der Waals surface area contributed by atoms with Crippen molar-refractivity contribution in [1.82, 2.24) is 0 Å². The van der Waals surface area contributed by atoms with Crippen LogP contribution in [0.4, 0.5) is 0 Å². The summed E-state index contributed by atoms with van der Waals surface area (Å²) in [5.41, 5.74) is 0.620. The summed E-state index contributed by atoms with van der Waals surface area (Å²) in [6, 6.07) is 7.57. The fourth-order valence-corrected chi connectivity index (χ4v) is 3.21. The molecule has 0 spiro atoms. The normalized spacial score (nSPS) is 9.83. The Morgan fingerprint density at radius 1 is 1.42 bits per heavy atom. The third-order valence-corrected chi connectivity index (χ3v) is 5.70. The van der Waals surface area contributed by atoms with Crippen LogP contribution >= 0.6 is 18.6 Å².